The van der Waals surface area contributed by atoms with Crippen molar-refractivity contribution in [2.75, 3.05) is 13.2 Å². The van der Waals surface area contributed by atoms with Crippen molar-refractivity contribution in [1.82, 2.24) is 20.8 Å². The molecular formula is C15H26N4O3. The molecule has 1 atom stereocenters. The molecule has 2 rings (SSSR count). The molecule has 7 nitrogen and oxygen atoms in total. The van der Waals surface area contributed by atoms with Gasteiger partial charge in [0.25, 0.3) is 0 Å². The van der Waals surface area contributed by atoms with Gasteiger partial charge in [0.2, 0.25) is 5.89 Å². The van der Waals surface area contributed by atoms with Gasteiger partial charge in [-0.25, -0.2) is 4.79 Å². The third-order valence-corrected chi connectivity index (χ3v) is 4.06. The van der Waals surface area contributed by atoms with Crippen LogP contribution in [0.3, 0.4) is 0 Å². The zero-order valence-corrected chi connectivity index (χ0v) is 13.6. The highest BCUT2D eigenvalue weighted by molar-refractivity contribution is 5.74. The Hall–Kier alpha value is -1.63. The lowest BCUT2D eigenvalue weighted by molar-refractivity contribution is 0.155. The summed E-state index contributed by atoms with van der Waals surface area (Å²) >= 11 is 0. The fourth-order valence-corrected chi connectivity index (χ4v) is 2.34. The van der Waals surface area contributed by atoms with Crippen molar-refractivity contribution < 1.29 is 14.4 Å². The molecule has 0 aromatic carbocycles. The monoisotopic (exact) mass is 310 g/mol. The van der Waals surface area contributed by atoms with Crippen molar-refractivity contribution in [3.8, 4) is 0 Å². The summed E-state index contributed by atoms with van der Waals surface area (Å²) in [6.07, 6.45) is 3.49. The van der Waals surface area contributed by atoms with E-state index in [9.17, 15) is 9.90 Å². The molecule has 0 bridgehead atoms. The molecule has 0 spiro atoms. The van der Waals surface area contributed by atoms with Crippen LogP contribution in [0.1, 0.15) is 57.7 Å². The Kier molecular flexibility index (Phi) is 5.39. The van der Waals surface area contributed by atoms with Gasteiger partial charge < -0.3 is 20.3 Å². The molecule has 1 saturated carbocycles. The summed E-state index contributed by atoms with van der Waals surface area (Å²) in [4.78, 5) is 16.2. The van der Waals surface area contributed by atoms with E-state index in [1.165, 1.54) is 0 Å². The molecule has 1 unspecified atom stereocenters. The summed E-state index contributed by atoms with van der Waals surface area (Å²) in [5.41, 5.74) is -0.511. The third-order valence-electron chi connectivity index (χ3n) is 4.06. The Bertz CT molecular complexity index is 499. The van der Waals surface area contributed by atoms with Crippen LogP contribution in [-0.4, -0.2) is 40.0 Å². The molecule has 124 valence electrons. The molecule has 22 heavy (non-hydrogen) atoms. The van der Waals surface area contributed by atoms with Crippen LogP contribution >= 0.6 is 0 Å². The second-order valence-electron chi connectivity index (χ2n) is 6.54. The number of rotatable bonds is 8. The molecule has 1 aliphatic rings. The van der Waals surface area contributed by atoms with Gasteiger partial charge in [0.15, 0.2) is 5.82 Å². The predicted octanol–water partition coefficient (Wildman–Crippen LogP) is 1.59. The van der Waals surface area contributed by atoms with E-state index in [-0.39, 0.29) is 18.6 Å². The topological polar surface area (TPSA) is 100 Å². The van der Waals surface area contributed by atoms with Crippen molar-refractivity contribution in [3.63, 3.8) is 0 Å². The normalized spacial score (nSPS) is 17.3. The first-order valence-electron chi connectivity index (χ1n) is 7.94. The molecule has 2 amide bonds. The van der Waals surface area contributed by atoms with Crippen LogP contribution in [0.2, 0.25) is 0 Å². The molecular weight excluding hydrogens is 284 g/mol. The van der Waals surface area contributed by atoms with Crippen LogP contribution in [0.25, 0.3) is 0 Å². The molecule has 0 aliphatic heterocycles. The Labute approximate surface area is 130 Å². The maximum absolute atomic E-state index is 11.9. The van der Waals surface area contributed by atoms with Crippen molar-refractivity contribution in [1.29, 1.82) is 0 Å². The van der Waals surface area contributed by atoms with Crippen LogP contribution in [0.4, 0.5) is 4.79 Å². The Balaban J connectivity index is 1.66. The number of nitrogens with zero attached hydrogens (tertiary/aromatic N) is 2. The molecule has 7 heteroatoms. The van der Waals surface area contributed by atoms with Crippen LogP contribution in [0.5, 0.6) is 0 Å². The first-order valence-corrected chi connectivity index (χ1v) is 7.94. The highest BCUT2D eigenvalue weighted by Gasteiger charge is 2.42. The number of aryl methyl sites for hydroxylation is 1. The summed E-state index contributed by atoms with van der Waals surface area (Å²) in [6.45, 7) is 6.40. The van der Waals surface area contributed by atoms with Gasteiger partial charge in [0, 0.05) is 18.9 Å². The minimum absolute atomic E-state index is 0.0367. The van der Waals surface area contributed by atoms with Gasteiger partial charge in [-0.1, -0.05) is 19.0 Å². The van der Waals surface area contributed by atoms with Gasteiger partial charge in [-0.05, 0) is 32.1 Å². The van der Waals surface area contributed by atoms with Crippen molar-refractivity contribution >= 4 is 6.03 Å². The quantitative estimate of drug-likeness (QED) is 0.633. The van der Waals surface area contributed by atoms with Crippen molar-refractivity contribution in [3.05, 3.63) is 11.7 Å². The molecule has 0 saturated heterocycles. The lowest BCUT2D eigenvalue weighted by Gasteiger charge is -2.28. The van der Waals surface area contributed by atoms with E-state index in [1.54, 1.807) is 0 Å². The van der Waals surface area contributed by atoms with Gasteiger partial charge in [-0.15, -0.1) is 0 Å². The number of hydrogen-bond acceptors (Lipinski definition) is 5. The SMILES string of the molecule is CC(C)c1noc(CCCNC(=O)NC(C)(CO)C2CC2)n1. The Morgan fingerprint density at radius 2 is 2.23 bits per heavy atom. The Morgan fingerprint density at radius 1 is 1.50 bits per heavy atom. The van der Waals surface area contributed by atoms with E-state index < -0.39 is 5.54 Å². The summed E-state index contributed by atoms with van der Waals surface area (Å²) in [7, 11) is 0. The minimum atomic E-state index is -0.511. The van der Waals surface area contributed by atoms with Crippen LogP contribution in [-0.2, 0) is 6.42 Å². The fraction of sp³-hybridized carbons (Fsp3) is 0.800. The average Bonchev–Trinajstić information content (AvgIpc) is 3.23. The number of hydrogen-bond donors (Lipinski definition) is 3. The molecule has 0 radical (unpaired) electrons. The largest absolute Gasteiger partial charge is 0.394 e. The molecule has 1 aromatic heterocycles. The third kappa shape index (κ3) is 4.43. The molecule has 3 N–H and O–H groups in total. The minimum Gasteiger partial charge on any atom is -0.394 e. The predicted molar refractivity (Wildman–Crippen MR) is 81.5 cm³/mol. The van der Waals surface area contributed by atoms with Crippen LogP contribution in [0.15, 0.2) is 4.52 Å². The number of aliphatic hydroxyl groups is 1. The number of aliphatic hydroxyl groups excluding tert-OH is 1. The van der Waals surface area contributed by atoms with Gasteiger partial charge in [-0.2, -0.15) is 4.98 Å². The fourth-order valence-electron chi connectivity index (χ4n) is 2.34. The van der Waals surface area contributed by atoms with Gasteiger partial charge in [-0.3, -0.25) is 0 Å². The van der Waals surface area contributed by atoms with Crippen LogP contribution in [0, 0.1) is 5.92 Å². The van der Waals surface area contributed by atoms with E-state index in [1.807, 2.05) is 20.8 Å². The zero-order chi connectivity index (χ0) is 16.2. The van der Waals surface area contributed by atoms with E-state index in [4.69, 9.17) is 4.52 Å². The van der Waals surface area contributed by atoms with Gasteiger partial charge in [0.05, 0.1) is 12.1 Å². The summed E-state index contributed by atoms with van der Waals surface area (Å²) in [6, 6.07) is -0.239. The first-order chi connectivity index (χ1) is 10.4. The molecule has 1 aromatic rings. The van der Waals surface area contributed by atoms with E-state index in [2.05, 4.69) is 20.8 Å². The summed E-state index contributed by atoms with van der Waals surface area (Å²) < 4.78 is 5.15. The summed E-state index contributed by atoms with van der Waals surface area (Å²) in [5.74, 6) is 1.95. The molecule has 1 aliphatic carbocycles. The number of urea groups is 1. The average molecular weight is 310 g/mol. The number of carbonyl (C=O) groups is 1. The first kappa shape index (κ1) is 16.7. The van der Waals surface area contributed by atoms with E-state index >= 15 is 0 Å². The Morgan fingerprint density at radius 3 is 2.77 bits per heavy atom. The maximum atomic E-state index is 11.9. The van der Waals surface area contributed by atoms with E-state index in [0.717, 1.165) is 19.3 Å². The summed E-state index contributed by atoms with van der Waals surface area (Å²) in [5, 5.41) is 19.0. The van der Waals surface area contributed by atoms with Gasteiger partial charge >= 0.3 is 6.03 Å². The van der Waals surface area contributed by atoms with Crippen LogP contribution < -0.4 is 10.6 Å². The smallest absolute Gasteiger partial charge is 0.315 e. The molecule has 1 heterocycles. The standard InChI is InChI=1S/C15H26N4O3/c1-10(2)13-17-12(22-19-13)5-4-8-16-14(21)18-15(3,9-20)11-6-7-11/h10-11,20H,4-9H2,1-3H3,(H2,16,18,21). The second kappa shape index (κ2) is 7.09. The number of carbonyl (C=O) groups excluding carboxylic acids is 1. The highest BCUT2D eigenvalue weighted by atomic mass is 16.5. The maximum Gasteiger partial charge on any atom is 0.315 e. The van der Waals surface area contributed by atoms with Crippen molar-refractivity contribution in [2.24, 2.45) is 5.92 Å². The number of aromatic nitrogens is 2. The molecule has 1 fully saturated rings. The number of amides is 2. The van der Waals surface area contributed by atoms with Crippen molar-refractivity contribution in [2.45, 2.75) is 57.9 Å². The van der Waals surface area contributed by atoms with Gasteiger partial charge in [0.1, 0.15) is 0 Å². The highest BCUT2D eigenvalue weighted by Crippen LogP contribution is 2.39. The zero-order valence-electron chi connectivity index (χ0n) is 13.6. The lowest BCUT2D eigenvalue weighted by Crippen LogP contribution is -2.54. The lowest BCUT2D eigenvalue weighted by atomic mass is 9.97. The second-order valence-corrected chi connectivity index (χ2v) is 6.54. The van der Waals surface area contributed by atoms with E-state index in [0.29, 0.717) is 30.6 Å². The number of nitrogens with one attached hydrogen (secondary N) is 2.